The van der Waals surface area contributed by atoms with Crippen LogP contribution in [0.15, 0.2) is 35.8 Å². The van der Waals surface area contributed by atoms with E-state index in [1.165, 1.54) is 23.5 Å². The van der Waals surface area contributed by atoms with Crippen molar-refractivity contribution < 1.29 is 9.18 Å². The molecule has 0 atom stereocenters. The van der Waals surface area contributed by atoms with Gasteiger partial charge >= 0.3 is 0 Å². The number of aromatic nitrogens is 2. The monoisotopic (exact) mass is 317 g/mol. The topological polar surface area (TPSA) is 46.4 Å². The third-order valence-electron chi connectivity index (χ3n) is 3.21. The van der Waals surface area contributed by atoms with Gasteiger partial charge in [0.05, 0.1) is 12.1 Å². The standard InChI is InChI=1S/C16H16FN3OS/c1-10(2)18-15(21)7-13-9-22-16-19-14(8-20(13)16)11-3-5-12(17)6-4-11/h3-6,8-10H,7H2,1-2H3,(H,18,21). The second-order valence-electron chi connectivity index (χ2n) is 5.41. The number of hydrogen-bond acceptors (Lipinski definition) is 3. The number of nitrogens with one attached hydrogen (secondary N) is 1. The van der Waals surface area contributed by atoms with Gasteiger partial charge in [-0.3, -0.25) is 9.20 Å². The van der Waals surface area contributed by atoms with E-state index in [1.54, 1.807) is 12.1 Å². The average molecular weight is 317 g/mol. The van der Waals surface area contributed by atoms with E-state index in [1.807, 2.05) is 29.8 Å². The van der Waals surface area contributed by atoms with Gasteiger partial charge in [0.1, 0.15) is 5.82 Å². The molecule has 2 aromatic heterocycles. The number of imidazole rings is 1. The molecule has 0 saturated heterocycles. The molecule has 4 nitrogen and oxygen atoms in total. The summed E-state index contributed by atoms with van der Waals surface area (Å²) in [5, 5.41) is 4.82. The van der Waals surface area contributed by atoms with Crippen LogP contribution < -0.4 is 5.32 Å². The Labute approximate surface area is 131 Å². The summed E-state index contributed by atoms with van der Waals surface area (Å²) >= 11 is 1.49. The molecule has 1 amide bonds. The van der Waals surface area contributed by atoms with Gasteiger partial charge in [-0.2, -0.15) is 0 Å². The number of halogens is 1. The normalized spacial score (nSPS) is 11.3. The highest BCUT2D eigenvalue weighted by Crippen LogP contribution is 2.24. The van der Waals surface area contributed by atoms with Crippen LogP contribution in [0.3, 0.4) is 0 Å². The quantitative estimate of drug-likeness (QED) is 0.803. The lowest BCUT2D eigenvalue weighted by Gasteiger charge is -2.07. The molecular weight excluding hydrogens is 301 g/mol. The molecule has 0 spiro atoms. The maximum Gasteiger partial charge on any atom is 0.226 e. The van der Waals surface area contributed by atoms with Crippen molar-refractivity contribution in [1.82, 2.24) is 14.7 Å². The minimum atomic E-state index is -0.268. The zero-order valence-electron chi connectivity index (χ0n) is 12.3. The van der Waals surface area contributed by atoms with Crippen LogP contribution >= 0.6 is 11.3 Å². The minimum Gasteiger partial charge on any atom is -0.354 e. The van der Waals surface area contributed by atoms with Crippen LogP contribution in [0.5, 0.6) is 0 Å². The molecule has 3 aromatic rings. The Morgan fingerprint density at radius 2 is 2.09 bits per heavy atom. The number of amides is 1. The van der Waals surface area contributed by atoms with E-state index in [9.17, 15) is 9.18 Å². The van der Waals surface area contributed by atoms with E-state index in [4.69, 9.17) is 0 Å². The lowest BCUT2D eigenvalue weighted by atomic mass is 10.2. The number of carbonyl (C=O) groups is 1. The van der Waals surface area contributed by atoms with Crippen molar-refractivity contribution in [3.63, 3.8) is 0 Å². The van der Waals surface area contributed by atoms with Crippen LogP contribution in [0.1, 0.15) is 19.5 Å². The van der Waals surface area contributed by atoms with E-state index in [0.29, 0.717) is 6.42 Å². The second kappa shape index (κ2) is 5.88. The molecule has 22 heavy (non-hydrogen) atoms. The van der Waals surface area contributed by atoms with Crippen molar-refractivity contribution in [2.24, 2.45) is 0 Å². The highest BCUT2D eigenvalue weighted by molar-refractivity contribution is 7.15. The van der Waals surface area contributed by atoms with Crippen molar-refractivity contribution in [3.05, 3.63) is 47.4 Å². The largest absolute Gasteiger partial charge is 0.354 e. The molecule has 6 heteroatoms. The predicted octanol–water partition coefficient (Wildman–Crippen LogP) is 3.27. The first-order valence-electron chi connectivity index (χ1n) is 7.03. The molecular formula is C16H16FN3OS. The zero-order chi connectivity index (χ0) is 15.7. The highest BCUT2D eigenvalue weighted by Gasteiger charge is 2.13. The van der Waals surface area contributed by atoms with E-state index in [0.717, 1.165) is 21.9 Å². The molecule has 114 valence electrons. The smallest absolute Gasteiger partial charge is 0.226 e. The number of rotatable bonds is 4. The lowest BCUT2D eigenvalue weighted by Crippen LogP contribution is -2.31. The summed E-state index contributed by atoms with van der Waals surface area (Å²) < 4.78 is 14.9. The number of thiazole rings is 1. The molecule has 0 aliphatic heterocycles. The van der Waals surface area contributed by atoms with Gasteiger partial charge in [0, 0.05) is 28.9 Å². The zero-order valence-corrected chi connectivity index (χ0v) is 13.2. The minimum absolute atomic E-state index is 0.00766. The Kier molecular flexibility index (Phi) is 3.94. The Bertz CT molecular complexity index is 805. The van der Waals surface area contributed by atoms with Crippen LogP contribution in [-0.4, -0.2) is 21.3 Å². The second-order valence-corrected chi connectivity index (χ2v) is 6.25. The van der Waals surface area contributed by atoms with E-state index in [-0.39, 0.29) is 17.8 Å². The maximum atomic E-state index is 13.0. The van der Waals surface area contributed by atoms with Gasteiger partial charge in [-0.05, 0) is 38.1 Å². The molecule has 0 unspecified atom stereocenters. The SMILES string of the molecule is CC(C)NC(=O)Cc1csc2nc(-c3ccc(F)cc3)cn12. The fourth-order valence-corrected chi connectivity index (χ4v) is 3.13. The van der Waals surface area contributed by atoms with Crippen molar-refractivity contribution in [2.75, 3.05) is 0 Å². The number of nitrogens with zero attached hydrogens (tertiary/aromatic N) is 2. The fourth-order valence-electron chi connectivity index (χ4n) is 2.25. The number of hydrogen-bond donors (Lipinski definition) is 1. The van der Waals surface area contributed by atoms with Crippen molar-refractivity contribution >= 4 is 22.2 Å². The van der Waals surface area contributed by atoms with Crippen LogP contribution in [0.2, 0.25) is 0 Å². The molecule has 2 heterocycles. The third kappa shape index (κ3) is 3.01. The van der Waals surface area contributed by atoms with Gasteiger partial charge in [0.15, 0.2) is 4.96 Å². The summed E-state index contributed by atoms with van der Waals surface area (Å²) in [6.07, 6.45) is 2.20. The molecule has 1 N–H and O–H groups in total. The summed E-state index contributed by atoms with van der Waals surface area (Å²) in [5.41, 5.74) is 2.53. The van der Waals surface area contributed by atoms with Gasteiger partial charge < -0.3 is 5.32 Å². The molecule has 1 aromatic carbocycles. The first kappa shape index (κ1) is 14.7. The number of benzene rings is 1. The summed E-state index contributed by atoms with van der Waals surface area (Å²) in [5.74, 6) is -0.275. The van der Waals surface area contributed by atoms with Gasteiger partial charge in [0.2, 0.25) is 5.91 Å². The number of fused-ring (bicyclic) bond motifs is 1. The summed E-state index contributed by atoms with van der Waals surface area (Å²) in [7, 11) is 0. The maximum absolute atomic E-state index is 13.0. The Balaban J connectivity index is 1.88. The van der Waals surface area contributed by atoms with Crippen LogP contribution in [0.25, 0.3) is 16.2 Å². The Morgan fingerprint density at radius 1 is 1.36 bits per heavy atom. The van der Waals surface area contributed by atoms with Crippen molar-refractivity contribution in [3.8, 4) is 11.3 Å². The molecule has 0 saturated carbocycles. The van der Waals surface area contributed by atoms with E-state index < -0.39 is 0 Å². The fraction of sp³-hybridized carbons (Fsp3) is 0.250. The van der Waals surface area contributed by atoms with Crippen molar-refractivity contribution in [2.45, 2.75) is 26.3 Å². The van der Waals surface area contributed by atoms with Crippen molar-refractivity contribution in [1.29, 1.82) is 0 Å². The summed E-state index contributed by atoms with van der Waals surface area (Å²) in [6.45, 7) is 3.87. The Morgan fingerprint density at radius 3 is 2.77 bits per heavy atom. The molecule has 0 radical (unpaired) electrons. The molecule has 0 bridgehead atoms. The van der Waals surface area contributed by atoms with Crippen LogP contribution in [-0.2, 0) is 11.2 Å². The first-order chi connectivity index (χ1) is 10.5. The highest BCUT2D eigenvalue weighted by atomic mass is 32.1. The van der Waals surface area contributed by atoms with Gasteiger partial charge in [-0.25, -0.2) is 9.37 Å². The van der Waals surface area contributed by atoms with Gasteiger partial charge in [-0.15, -0.1) is 11.3 Å². The third-order valence-corrected chi connectivity index (χ3v) is 4.10. The summed E-state index contributed by atoms with van der Waals surface area (Å²) in [4.78, 5) is 17.3. The van der Waals surface area contributed by atoms with Gasteiger partial charge in [0.25, 0.3) is 0 Å². The molecule has 3 rings (SSSR count). The molecule has 0 fully saturated rings. The van der Waals surface area contributed by atoms with Crippen LogP contribution in [0.4, 0.5) is 4.39 Å². The van der Waals surface area contributed by atoms with Crippen LogP contribution in [0, 0.1) is 5.82 Å². The lowest BCUT2D eigenvalue weighted by molar-refractivity contribution is -0.120. The molecule has 0 aliphatic carbocycles. The Hall–Kier alpha value is -2.21. The summed E-state index contributed by atoms with van der Waals surface area (Å²) in [6, 6.07) is 6.36. The van der Waals surface area contributed by atoms with E-state index in [2.05, 4.69) is 10.3 Å². The predicted molar refractivity (Wildman–Crippen MR) is 85.4 cm³/mol. The van der Waals surface area contributed by atoms with Gasteiger partial charge in [-0.1, -0.05) is 0 Å². The molecule has 0 aliphatic rings. The number of carbonyl (C=O) groups excluding carboxylic acids is 1. The van der Waals surface area contributed by atoms with E-state index >= 15 is 0 Å². The average Bonchev–Trinajstić information content (AvgIpc) is 3.01. The first-order valence-corrected chi connectivity index (χ1v) is 7.91.